The predicted octanol–water partition coefficient (Wildman–Crippen LogP) is 0.810. The molecule has 0 fully saturated rings. The van der Waals surface area contributed by atoms with Gasteiger partial charge in [-0.2, -0.15) is 0 Å². The molecule has 0 rings (SSSR count). The van der Waals surface area contributed by atoms with Gasteiger partial charge in [0.2, 0.25) is 0 Å². The van der Waals surface area contributed by atoms with E-state index in [1.54, 1.807) is 0 Å². The zero-order valence-electron chi connectivity index (χ0n) is 7.31. The first-order chi connectivity index (χ1) is 6.35. The predicted molar refractivity (Wildman–Crippen MR) is 65.2 cm³/mol. The number of thiol groups is 3. The van der Waals surface area contributed by atoms with Crippen molar-refractivity contribution in [1.29, 1.82) is 0 Å². The third kappa shape index (κ3) is 10.0. The molecule has 0 aliphatic heterocycles. The van der Waals surface area contributed by atoms with Crippen molar-refractivity contribution >= 4 is 58.9 Å². The summed E-state index contributed by atoms with van der Waals surface area (Å²) in [6.07, 6.45) is 0. The van der Waals surface area contributed by atoms with Gasteiger partial charge in [0, 0.05) is 0 Å². The molecule has 0 aromatic carbocycles. The van der Waals surface area contributed by atoms with Crippen LogP contribution < -0.4 is 0 Å². The van der Waals surface area contributed by atoms with Crippen LogP contribution in [-0.2, 0) is 9.22 Å². The van der Waals surface area contributed by atoms with Crippen molar-refractivity contribution in [3.8, 4) is 0 Å². The molecule has 0 aromatic heterocycles. The molecule has 0 unspecified atom stereocenters. The van der Waals surface area contributed by atoms with Crippen molar-refractivity contribution in [2.24, 2.45) is 0 Å². The van der Waals surface area contributed by atoms with Crippen molar-refractivity contribution in [1.82, 2.24) is 0 Å². The Labute approximate surface area is 104 Å². The molecule has 0 aromatic rings. The summed E-state index contributed by atoms with van der Waals surface area (Å²) >= 11 is 9.64. The average Bonchev–Trinajstić information content (AvgIpc) is 2.17. The summed E-state index contributed by atoms with van der Waals surface area (Å²) in [5.41, 5.74) is 0. The quantitative estimate of drug-likeness (QED) is 0.425. The first-order valence-electron chi connectivity index (χ1n) is 3.93. The van der Waals surface area contributed by atoms with Gasteiger partial charge in [0.15, 0.2) is 0 Å². The van der Waals surface area contributed by atoms with Gasteiger partial charge in [-0.25, -0.2) is 0 Å². The number of hydrogen-bond donors (Lipinski definition) is 3. The monoisotopic (exact) mass is 351 g/mol. The Balaban J connectivity index is 3.47. The van der Waals surface area contributed by atoms with Gasteiger partial charge in [0.05, 0.1) is 0 Å². The second kappa shape index (κ2) is 11.8. The molecule has 0 saturated carbocycles. The molecule has 79 valence electrons. The second-order valence-corrected chi connectivity index (χ2v) is 7.21. The van der Waals surface area contributed by atoms with E-state index in [0.29, 0.717) is 37.1 Å². The van der Waals surface area contributed by atoms with Crippen LogP contribution in [0.4, 0.5) is 0 Å². The fourth-order valence-corrected chi connectivity index (χ4v) is 5.27. The molecule has 0 saturated heterocycles. The molecule has 7 heteroatoms. The fraction of sp³-hybridized carbons (Fsp3) is 1.00. The van der Waals surface area contributed by atoms with Crippen LogP contribution in [0.3, 0.4) is 0 Å². The van der Waals surface area contributed by atoms with Crippen LogP contribution in [0.5, 0.6) is 0 Å². The maximum atomic E-state index is 5.40. The molecule has 0 aliphatic carbocycles. The van der Waals surface area contributed by atoms with Gasteiger partial charge >= 0.3 is 105 Å². The third-order valence-electron chi connectivity index (χ3n) is 0.934. The summed E-state index contributed by atoms with van der Waals surface area (Å²) in [5, 5.41) is 0. The van der Waals surface area contributed by atoms with Gasteiger partial charge < -0.3 is 0 Å². The van der Waals surface area contributed by atoms with E-state index in [4.69, 9.17) is 9.22 Å². The molecule has 13 heavy (non-hydrogen) atoms. The van der Waals surface area contributed by atoms with E-state index in [9.17, 15) is 0 Å². The Kier molecular flexibility index (Phi) is 13.4. The second-order valence-electron chi connectivity index (χ2n) is 1.97. The Morgan fingerprint density at radius 1 is 0.692 bits per heavy atom. The molecule has 0 heterocycles. The van der Waals surface area contributed by atoms with Crippen LogP contribution in [0, 0.1) is 0 Å². The van der Waals surface area contributed by atoms with E-state index < -0.39 is 21.0 Å². The van der Waals surface area contributed by atoms with Crippen molar-refractivity contribution < 1.29 is 9.22 Å². The van der Waals surface area contributed by atoms with Crippen molar-refractivity contribution in [3.05, 3.63) is 0 Å². The summed E-state index contributed by atoms with van der Waals surface area (Å²) in [5.74, 6) is 2.08. The van der Waals surface area contributed by atoms with Crippen LogP contribution in [-0.4, -0.2) is 58.1 Å². The molecular formula is C6H15O3S3Sn. The maximum absolute atomic E-state index is 5.40. The van der Waals surface area contributed by atoms with E-state index in [-0.39, 0.29) is 0 Å². The van der Waals surface area contributed by atoms with Crippen molar-refractivity contribution in [2.45, 2.75) is 0 Å². The zero-order chi connectivity index (χ0) is 9.94. The van der Waals surface area contributed by atoms with E-state index in [0.717, 1.165) is 0 Å². The Morgan fingerprint density at radius 3 is 1.23 bits per heavy atom. The number of rotatable bonds is 9. The van der Waals surface area contributed by atoms with Gasteiger partial charge in [0.25, 0.3) is 0 Å². The van der Waals surface area contributed by atoms with E-state index >= 15 is 0 Å². The molecule has 0 aliphatic rings. The molecular weight excluding hydrogens is 335 g/mol. The fourth-order valence-electron chi connectivity index (χ4n) is 0.512. The van der Waals surface area contributed by atoms with Gasteiger partial charge in [-0.1, -0.05) is 0 Å². The average molecular weight is 350 g/mol. The first-order valence-corrected chi connectivity index (χ1v) is 9.32. The number of hydrogen-bond acceptors (Lipinski definition) is 6. The Bertz CT molecular complexity index is 90.1. The SMILES string of the molecule is SCC[O][Sn]([O]CCS)[O]CCS. The standard InChI is InChI=1S/3C2H5OS.Sn/c3*3-1-2-4;/h3*4H,1-2H2;/q3*-1;+3. The Hall–Kier alpha value is 1.73. The normalized spacial score (nSPS) is 11.1. The zero-order valence-corrected chi connectivity index (χ0v) is 12.8. The third-order valence-corrected chi connectivity index (χ3v) is 5.25. The topological polar surface area (TPSA) is 27.7 Å². The van der Waals surface area contributed by atoms with E-state index in [2.05, 4.69) is 37.9 Å². The van der Waals surface area contributed by atoms with Gasteiger partial charge in [-0.3, -0.25) is 0 Å². The van der Waals surface area contributed by atoms with Crippen molar-refractivity contribution in [2.75, 3.05) is 37.1 Å². The minimum absolute atomic E-state index is 0.594. The van der Waals surface area contributed by atoms with Gasteiger partial charge in [-0.15, -0.1) is 0 Å². The van der Waals surface area contributed by atoms with Crippen LogP contribution in [0.15, 0.2) is 0 Å². The summed E-state index contributed by atoms with van der Waals surface area (Å²) < 4.78 is 16.2. The summed E-state index contributed by atoms with van der Waals surface area (Å²) in [6.45, 7) is 1.78. The first kappa shape index (κ1) is 14.7. The molecule has 0 atom stereocenters. The van der Waals surface area contributed by atoms with E-state index in [1.165, 1.54) is 0 Å². The molecule has 0 N–H and O–H groups in total. The summed E-state index contributed by atoms with van der Waals surface area (Å²) in [7, 11) is 0. The van der Waals surface area contributed by atoms with Crippen LogP contribution in [0.2, 0.25) is 0 Å². The molecule has 3 nitrogen and oxygen atoms in total. The van der Waals surface area contributed by atoms with Crippen LogP contribution >= 0.6 is 37.9 Å². The molecule has 1 radical (unpaired) electrons. The van der Waals surface area contributed by atoms with Crippen LogP contribution in [0.25, 0.3) is 0 Å². The Morgan fingerprint density at radius 2 is 1.00 bits per heavy atom. The summed E-state index contributed by atoms with van der Waals surface area (Å²) in [6, 6.07) is 0. The summed E-state index contributed by atoms with van der Waals surface area (Å²) in [4.78, 5) is 0. The molecule has 0 spiro atoms. The van der Waals surface area contributed by atoms with Gasteiger partial charge in [-0.05, 0) is 0 Å². The molecule has 0 bridgehead atoms. The van der Waals surface area contributed by atoms with E-state index in [1.807, 2.05) is 0 Å². The van der Waals surface area contributed by atoms with Crippen molar-refractivity contribution in [3.63, 3.8) is 0 Å². The van der Waals surface area contributed by atoms with Gasteiger partial charge in [0.1, 0.15) is 0 Å². The minimum atomic E-state index is -2.49. The molecule has 0 amide bonds. The van der Waals surface area contributed by atoms with Crippen LogP contribution in [0.1, 0.15) is 0 Å².